The highest BCUT2D eigenvalue weighted by molar-refractivity contribution is 7.92. The minimum Gasteiger partial charge on any atom is -0.379 e. The zero-order chi connectivity index (χ0) is 19.3. The molecule has 1 aliphatic rings. The number of amides is 1. The zero-order valence-corrected chi connectivity index (χ0v) is 16.8. The lowest BCUT2D eigenvalue weighted by molar-refractivity contribution is -0.121. The molecule has 0 bridgehead atoms. The van der Waals surface area contributed by atoms with Crippen molar-refractivity contribution in [3.05, 3.63) is 29.3 Å². The van der Waals surface area contributed by atoms with E-state index in [1.54, 1.807) is 19.1 Å². The lowest BCUT2D eigenvalue weighted by Gasteiger charge is -2.30. The monoisotopic (exact) mass is 383 g/mol. The number of hydrogen-bond acceptors (Lipinski definition) is 5. The fourth-order valence-corrected chi connectivity index (χ4v) is 4.15. The fourth-order valence-electron chi connectivity index (χ4n) is 2.98. The van der Waals surface area contributed by atoms with Gasteiger partial charge in [-0.05, 0) is 44.0 Å². The summed E-state index contributed by atoms with van der Waals surface area (Å²) in [6.07, 6.45) is 1.12. The lowest BCUT2D eigenvalue weighted by Crippen LogP contribution is -2.49. The van der Waals surface area contributed by atoms with Gasteiger partial charge in [0, 0.05) is 26.2 Å². The first-order chi connectivity index (χ1) is 12.2. The summed E-state index contributed by atoms with van der Waals surface area (Å²) in [6, 6.07) is 4.58. The number of carbonyl (C=O) groups excluding carboxylic acids is 1. The van der Waals surface area contributed by atoms with Gasteiger partial charge in [-0.15, -0.1) is 0 Å². The summed E-state index contributed by atoms with van der Waals surface area (Å²) in [6.45, 7) is 9.82. The smallest absolute Gasteiger partial charge is 0.243 e. The van der Waals surface area contributed by atoms with E-state index in [9.17, 15) is 13.2 Å². The molecule has 1 N–H and O–H groups in total. The molecule has 26 heavy (non-hydrogen) atoms. The minimum absolute atomic E-state index is 0.304. The fraction of sp³-hybridized carbons (Fsp3) is 0.611. The molecule has 2 rings (SSSR count). The van der Waals surface area contributed by atoms with E-state index in [1.165, 1.54) is 4.31 Å². The number of sulfonamides is 1. The lowest BCUT2D eigenvalue weighted by atomic mass is 10.1. The highest BCUT2D eigenvalue weighted by Gasteiger charge is 2.29. The van der Waals surface area contributed by atoms with E-state index in [4.69, 9.17) is 4.74 Å². The van der Waals surface area contributed by atoms with Crippen LogP contribution in [0.4, 0.5) is 5.69 Å². The molecule has 1 aromatic rings. The van der Waals surface area contributed by atoms with Gasteiger partial charge in [0.15, 0.2) is 0 Å². The highest BCUT2D eigenvalue weighted by atomic mass is 32.2. The number of nitrogens with zero attached hydrogens (tertiary/aromatic N) is 2. The third-order valence-corrected chi connectivity index (χ3v) is 5.91. The molecule has 1 atom stereocenters. The van der Waals surface area contributed by atoms with Crippen LogP contribution in [0.5, 0.6) is 0 Å². The van der Waals surface area contributed by atoms with Gasteiger partial charge in [0.25, 0.3) is 0 Å². The molecule has 0 unspecified atom stereocenters. The summed E-state index contributed by atoms with van der Waals surface area (Å²) in [5.74, 6) is -0.304. The Morgan fingerprint density at radius 3 is 2.50 bits per heavy atom. The Kier molecular flexibility index (Phi) is 7.02. The maximum absolute atomic E-state index is 12.5. The number of aryl methyl sites for hydroxylation is 2. The van der Waals surface area contributed by atoms with E-state index < -0.39 is 16.1 Å². The molecule has 1 amide bonds. The summed E-state index contributed by atoms with van der Waals surface area (Å²) in [5, 5.41) is 2.85. The largest absolute Gasteiger partial charge is 0.379 e. The molecular formula is C18H29N3O4S. The van der Waals surface area contributed by atoms with Crippen LogP contribution in [-0.2, 0) is 19.6 Å². The standard InChI is InChI=1S/C18H29N3O4S/c1-14-5-6-17(13-15(14)2)21(26(4,23)24)16(3)18(22)19-7-8-20-9-11-25-12-10-20/h5-6,13,16H,7-12H2,1-4H3,(H,19,22)/t16-/m1/s1. The molecule has 0 radical (unpaired) electrons. The van der Waals surface area contributed by atoms with Crippen LogP contribution in [0, 0.1) is 13.8 Å². The maximum Gasteiger partial charge on any atom is 0.243 e. The van der Waals surface area contributed by atoms with Crippen molar-refractivity contribution in [2.45, 2.75) is 26.8 Å². The number of morpholine rings is 1. The summed E-state index contributed by atoms with van der Waals surface area (Å²) < 4.78 is 31.1. The number of hydrogen-bond donors (Lipinski definition) is 1. The Balaban J connectivity index is 2.04. The quantitative estimate of drug-likeness (QED) is 0.757. The SMILES string of the molecule is Cc1ccc(N([C@H](C)C(=O)NCCN2CCOCC2)S(C)(=O)=O)cc1C. The van der Waals surface area contributed by atoms with Crippen LogP contribution in [-0.4, -0.2) is 70.9 Å². The van der Waals surface area contributed by atoms with Crippen LogP contribution in [0.3, 0.4) is 0 Å². The first kappa shape index (κ1) is 20.7. The highest BCUT2D eigenvalue weighted by Crippen LogP contribution is 2.23. The molecular weight excluding hydrogens is 354 g/mol. The second kappa shape index (κ2) is 8.83. The first-order valence-corrected chi connectivity index (χ1v) is 10.7. The van der Waals surface area contributed by atoms with Crippen molar-refractivity contribution in [3.63, 3.8) is 0 Å². The van der Waals surface area contributed by atoms with Crippen molar-refractivity contribution in [1.82, 2.24) is 10.2 Å². The molecule has 0 saturated carbocycles. The van der Waals surface area contributed by atoms with Crippen LogP contribution in [0.1, 0.15) is 18.1 Å². The summed E-state index contributed by atoms with van der Waals surface area (Å²) in [4.78, 5) is 14.8. The molecule has 0 aliphatic carbocycles. The number of nitrogens with one attached hydrogen (secondary N) is 1. The molecule has 7 nitrogen and oxygen atoms in total. The van der Waals surface area contributed by atoms with Gasteiger partial charge in [-0.3, -0.25) is 14.0 Å². The van der Waals surface area contributed by atoms with Gasteiger partial charge in [0.1, 0.15) is 6.04 Å². The maximum atomic E-state index is 12.5. The predicted molar refractivity (Wildman–Crippen MR) is 103 cm³/mol. The summed E-state index contributed by atoms with van der Waals surface area (Å²) in [5.41, 5.74) is 2.56. The molecule has 1 aliphatic heterocycles. The van der Waals surface area contributed by atoms with Gasteiger partial charge in [0.05, 0.1) is 25.2 Å². The van der Waals surface area contributed by atoms with E-state index in [1.807, 2.05) is 19.9 Å². The average molecular weight is 384 g/mol. The Hall–Kier alpha value is -1.64. The molecule has 1 heterocycles. The van der Waals surface area contributed by atoms with Gasteiger partial charge in [-0.2, -0.15) is 0 Å². The van der Waals surface area contributed by atoms with Gasteiger partial charge in [-0.25, -0.2) is 8.42 Å². The van der Waals surface area contributed by atoms with Crippen molar-refractivity contribution < 1.29 is 17.9 Å². The molecule has 0 spiro atoms. The number of anilines is 1. The first-order valence-electron chi connectivity index (χ1n) is 8.84. The second-order valence-corrected chi connectivity index (χ2v) is 8.61. The van der Waals surface area contributed by atoms with Crippen LogP contribution >= 0.6 is 0 Å². The molecule has 1 saturated heterocycles. The van der Waals surface area contributed by atoms with E-state index in [0.29, 0.717) is 25.4 Å². The Bertz CT molecular complexity index is 730. The predicted octanol–water partition coefficient (Wildman–Crippen LogP) is 0.906. The summed E-state index contributed by atoms with van der Waals surface area (Å²) in [7, 11) is -3.59. The summed E-state index contributed by atoms with van der Waals surface area (Å²) >= 11 is 0. The van der Waals surface area contributed by atoms with Crippen LogP contribution in [0.15, 0.2) is 18.2 Å². The Labute approximate surface area is 156 Å². The van der Waals surface area contributed by atoms with Crippen molar-refractivity contribution >= 4 is 21.6 Å². The molecule has 1 fully saturated rings. The molecule has 1 aromatic carbocycles. The Morgan fingerprint density at radius 1 is 1.27 bits per heavy atom. The topological polar surface area (TPSA) is 79.0 Å². The van der Waals surface area contributed by atoms with Crippen molar-refractivity contribution in [2.24, 2.45) is 0 Å². The Morgan fingerprint density at radius 2 is 1.92 bits per heavy atom. The van der Waals surface area contributed by atoms with Crippen molar-refractivity contribution in [3.8, 4) is 0 Å². The average Bonchev–Trinajstić information content (AvgIpc) is 2.58. The van der Waals surface area contributed by atoms with Crippen molar-refractivity contribution in [2.75, 3.05) is 50.0 Å². The number of ether oxygens (including phenoxy) is 1. The van der Waals surface area contributed by atoms with Gasteiger partial charge >= 0.3 is 0 Å². The van der Waals surface area contributed by atoms with E-state index >= 15 is 0 Å². The number of rotatable bonds is 7. The number of benzene rings is 1. The number of carbonyl (C=O) groups is 1. The molecule has 8 heteroatoms. The van der Waals surface area contributed by atoms with Crippen LogP contribution < -0.4 is 9.62 Å². The van der Waals surface area contributed by atoms with E-state index in [0.717, 1.165) is 37.0 Å². The third kappa shape index (κ3) is 5.43. The van der Waals surface area contributed by atoms with Gasteiger partial charge in [0.2, 0.25) is 15.9 Å². The normalized spacial score (nSPS) is 16.9. The van der Waals surface area contributed by atoms with Crippen LogP contribution in [0.2, 0.25) is 0 Å². The molecule has 0 aromatic heterocycles. The van der Waals surface area contributed by atoms with Gasteiger partial charge < -0.3 is 10.1 Å². The van der Waals surface area contributed by atoms with E-state index in [-0.39, 0.29) is 5.91 Å². The second-order valence-electron chi connectivity index (χ2n) is 6.75. The zero-order valence-electron chi connectivity index (χ0n) is 16.0. The molecule has 146 valence electrons. The third-order valence-electron chi connectivity index (χ3n) is 4.66. The van der Waals surface area contributed by atoms with Crippen molar-refractivity contribution in [1.29, 1.82) is 0 Å². The van der Waals surface area contributed by atoms with Gasteiger partial charge in [-0.1, -0.05) is 6.07 Å². The van der Waals surface area contributed by atoms with Crippen LogP contribution in [0.25, 0.3) is 0 Å². The van der Waals surface area contributed by atoms with E-state index in [2.05, 4.69) is 10.2 Å². The minimum atomic E-state index is -3.59.